The zero-order valence-electron chi connectivity index (χ0n) is 14.9. The van der Waals surface area contributed by atoms with E-state index in [0.29, 0.717) is 18.7 Å². The second kappa shape index (κ2) is 8.47. The average molecular weight is 353 g/mol. The minimum Gasteiger partial charge on any atom is -0.496 e. The third kappa shape index (κ3) is 4.20. The fraction of sp³-hybridized carbons (Fsp3) is 0.350. The number of likely N-dealkylation sites (tertiary alicyclic amines) is 1. The SMILES string of the molecule is COc1ccccc1CCNC(=O)c1cccc(C(=O)N2CCCC2)n1. The molecule has 0 unspecified atom stereocenters. The number of nitrogens with zero attached hydrogens (tertiary/aromatic N) is 2. The fourth-order valence-electron chi connectivity index (χ4n) is 3.07. The molecule has 0 radical (unpaired) electrons. The van der Waals surface area contributed by atoms with Gasteiger partial charge in [-0.2, -0.15) is 0 Å². The quantitative estimate of drug-likeness (QED) is 0.865. The molecule has 1 aliphatic heterocycles. The van der Waals surface area contributed by atoms with Crippen LogP contribution < -0.4 is 10.1 Å². The van der Waals surface area contributed by atoms with Crippen LogP contribution >= 0.6 is 0 Å². The first-order chi connectivity index (χ1) is 12.7. The maximum absolute atomic E-state index is 12.4. The first-order valence-electron chi connectivity index (χ1n) is 8.85. The van der Waals surface area contributed by atoms with Crippen molar-refractivity contribution in [2.75, 3.05) is 26.7 Å². The Morgan fingerprint density at radius 1 is 1.08 bits per heavy atom. The van der Waals surface area contributed by atoms with Gasteiger partial charge in [-0.15, -0.1) is 0 Å². The van der Waals surface area contributed by atoms with Gasteiger partial charge in [-0.3, -0.25) is 9.59 Å². The van der Waals surface area contributed by atoms with Crippen molar-refractivity contribution < 1.29 is 14.3 Å². The van der Waals surface area contributed by atoms with Crippen molar-refractivity contribution in [2.24, 2.45) is 0 Å². The Bertz CT molecular complexity index is 785. The van der Waals surface area contributed by atoms with Crippen molar-refractivity contribution >= 4 is 11.8 Å². The largest absolute Gasteiger partial charge is 0.496 e. The van der Waals surface area contributed by atoms with Crippen molar-refractivity contribution in [2.45, 2.75) is 19.3 Å². The van der Waals surface area contributed by atoms with Crippen molar-refractivity contribution in [3.63, 3.8) is 0 Å². The van der Waals surface area contributed by atoms with Gasteiger partial charge in [-0.1, -0.05) is 24.3 Å². The highest BCUT2D eigenvalue weighted by molar-refractivity contribution is 5.96. The number of para-hydroxylation sites is 1. The number of pyridine rings is 1. The van der Waals surface area contributed by atoms with E-state index < -0.39 is 0 Å². The highest BCUT2D eigenvalue weighted by atomic mass is 16.5. The minimum absolute atomic E-state index is 0.105. The van der Waals surface area contributed by atoms with Crippen LogP contribution in [0.5, 0.6) is 5.75 Å². The molecule has 1 N–H and O–H groups in total. The van der Waals surface area contributed by atoms with Crippen LogP contribution in [-0.2, 0) is 6.42 Å². The van der Waals surface area contributed by atoms with E-state index in [1.165, 1.54) is 0 Å². The monoisotopic (exact) mass is 353 g/mol. The lowest BCUT2D eigenvalue weighted by molar-refractivity contribution is 0.0787. The van der Waals surface area contributed by atoms with Gasteiger partial charge in [0.15, 0.2) is 0 Å². The van der Waals surface area contributed by atoms with Gasteiger partial charge in [0.25, 0.3) is 11.8 Å². The molecule has 136 valence electrons. The summed E-state index contributed by atoms with van der Waals surface area (Å²) < 4.78 is 5.31. The molecule has 0 aliphatic carbocycles. The Hall–Kier alpha value is -2.89. The number of nitrogens with one attached hydrogen (secondary N) is 1. The van der Waals surface area contributed by atoms with E-state index in [9.17, 15) is 9.59 Å². The van der Waals surface area contributed by atoms with Crippen LogP contribution in [0.15, 0.2) is 42.5 Å². The molecule has 1 aromatic carbocycles. The van der Waals surface area contributed by atoms with Gasteiger partial charge in [0.05, 0.1) is 7.11 Å². The summed E-state index contributed by atoms with van der Waals surface area (Å²) in [5, 5.41) is 2.85. The molecule has 6 heteroatoms. The Morgan fingerprint density at radius 2 is 1.81 bits per heavy atom. The van der Waals surface area contributed by atoms with Crippen molar-refractivity contribution in [3.8, 4) is 5.75 Å². The van der Waals surface area contributed by atoms with Crippen molar-refractivity contribution in [1.82, 2.24) is 15.2 Å². The summed E-state index contributed by atoms with van der Waals surface area (Å²) in [6, 6.07) is 12.7. The summed E-state index contributed by atoms with van der Waals surface area (Å²) >= 11 is 0. The number of benzene rings is 1. The van der Waals surface area contributed by atoms with Crippen molar-refractivity contribution in [3.05, 3.63) is 59.4 Å². The number of methoxy groups -OCH3 is 1. The van der Waals surface area contributed by atoms with Crippen LogP contribution in [0.3, 0.4) is 0 Å². The number of carbonyl (C=O) groups excluding carboxylic acids is 2. The normalized spacial score (nSPS) is 13.5. The highest BCUT2D eigenvalue weighted by Gasteiger charge is 2.21. The number of rotatable bonds is 6. The van der Waals surface area contributed by atoms with Crippen LogP contribution in [0, 0.1) is 0 Å². The lowest BCUT2D eigenvalue weighted by Crippen LogP contribution is -2.30. The lowest BCUT2D eigenvalue weighted by Gasteiger charge is -2.14. The number of aromatic nitrogens is 1. The standard InChI is InChI=1S/C20H23N3O3/c1-26-18-10-3-2-7-15(18)11-12-21-19(24)16-8-6-9-17(22-16)20(25)23-13-4-5-14-23/h2-3,6-10H,4-5,11-14H2,1H3,(H,21,24). The topological polar surface area (TPSA) is 71.5 Å². The third-order valence-corrected chi connectivity index (χ3v) is 4.47. The molecule has 1 aliphatic rings. The summed E-state index contributed by atoms with van der Waals surface area (Å²) in [7, 11) is 1.63. The van der Waals surface area contributed by atoms with Gasteiger partial charge in [0.2, 0.25) is 0 Å². The van der Waals surface area contributed by atoms with Crippen LogP contribution in [0.25, 0.3) is 0 Å². The number of ether oxygens (including phenoxy) is 1. The van der Waals surface area contributed by atoms with E-state index in [2.05, 4.69) is 10.3 Å². The lowest BCUT2D eigenvalue weighted by atomic mass is 10.1. The van der Waals surface area contributed by atoms with Gasteiger partial charge in [-0.25, -0.2) is 4.98 Å². The zero-order valence-corrected chi connectivity index (χ0v) is 14.9. The van der Waals surface area contributed by atoms with Crippen LogP contribution in [-0.4, -0.2) is 48.4 Å². The van der Waals surface area contributed by atoms with E-state index in [-0.39, 0.29) is 17.5 Å². The molecule has 2 heterocycles. The molecular weight excluding hydrogens is 330 g/mol. The third-order valence-electron chi connectivity index (χ3n) is 4.47. The molecule has 26 heavy (non-hydrogen) atoms. The molecule has 0 saturated carbocycles. The first-order valence-corrected chi connectivity index (χ1v) is 8.85. The molecule has 0 spiro atoms. The van der Waals surface area contributed by atoms with Crippen LogP contribution in [0.4, 0.5) is 0 Å². The predicted octanol–water partition coefficient (Wildman–Crippen LogP) is 2.30. The van der Waals surface area contributed by atoms with Gasteiger partial charge in [-0.05, 0) is 43.0 Å². The summed E-state index contributed by atoms with van der Waals surface area (Å²) in [4.78, 5) is 30.8. The number of amides is 2. The maximum atomic E-state index is 12.4. The first kappa shape index (κ1) is 17.9. The van der Waals surface area contributed by atoms with Gasteiger partial charge < -0.3 is 15.0 Å². The number of carbonyl (C=O) groups is 2. The summed E-state index contributed by atoms with van der Waals surface area (Å²) in [5.74, 6) is 0.417. The Kier molecular flexibility index (Phi) is 5.84. The average Bonchev–Trinajstić information content (AvgIpc) is 3.22. The molecule has 6 nitrogen and oxygen atoms in total. The van der Waals surface area contributed by atoms with E-state index in [4.69, 9.17) is 4.74 Å². The predicted molar refractivity (Wildman–Crippen MR) is 98.4 cm³/mol. The second-order valence-electron chi connectivity index (χ2n) is 6.23. The molecule has 0 atom stereocenters. The molecule has 1 fully saturated rings. The highest BCUT2D eigenvalue weighted by Crippen LogP contribution is 2.17. The maximum Gasteiger partial charge on any atom is 0.272 e. The van der Waals surface area contributed by atoms with Gasteiger partial charge in [0.1, 0.15) is 17.1 Å². The Morgan fingerprint density at radius 3 is 2.58 bits per heavy atom. The molecule has 1 aromatic heterocycles. The Labute approximate surface area is 153 Å². The summed E-state index contributed by atoms with van der Waals surface area (Å²) in [6.45, 7) is 1.98. The van der Waals surface area contributed by atoms with E-state index in [1.54, 1.807) is 30.2 Å². The number of hydrogen-bond donors (Lipinski definition) is 1. The summed E-state index contributed by atoms with van der Waals surface area (Å²) in [5.41, 5.74) is 1.61. The molecular formula is C20H23N3O3. The number of hydrogen-bond acceptors (Lipinski definition) is 4. The van der Waals surface area contributed by atoms with Gasteiger partial charge >= 0.3 is 0 Å². The van der Waals surface area contributed by atoms with Crippen LogP contribution in [0.1, 0.15) is 39.4 Å². The molecule has 1 saturated heterocycles. The second-order valence-corrected chi connectivity index (χ2v) is 6.23. The molecule has 0 bridgehead atoms. The fourth-order valence-corrected chi connectivity index (χ4v) is 3.07. The van der Waals surface area contributed by atoms with Crippen LogP contribution in [0.2, 0.25) is 0 Å². The Balaban J connectivity index is 1.59. The van der Waals surface area contributed by atoms with E-state index in [0.717, 1.165) is 37.2 Å². The minimum atomic E-state index is -0.282. The van der Waals surface area contributed by atoms with E-state index in [1.807, 2.05) is 24.3 Å². The smallest absolute Gasteiger partial charge is 0.272 e. The van der Waals surface area contributed by atoms with E-state index >= 15 is 0 Å². The zero-order chi connectivity index (χ0) is 18.4. The molecule has 2 aromatic rings. The summed E-state index contributed by atoms with van der Waals surface area (Å²) in [6.07, 6.45) is 2.70. The molecule has 2 amide bonds. The van der Waals surface area contributed by atoms with Crippen molar-refractivity contribution in [1.29, 1.82) is 0 Å². The van der Waals surface area contributed by atoms with Gasteiger partial charge in [0, 0.05) is 19.6 Å². The molecule has 3 rings (SSSR count).